The zero-order chi connectivity index (χ0) is 13.8. The lowest BCUT2D eigenvalue weighted by Gasteiger charge is -2.19. The Bertz CT molecular complexity index is 360. The summed E-state index contributed by atoms with van der Waals surface area (Å²) in [6.07, 6.45) is 5.96. The summed E-state index contributed by atoms with van der Waals surface area (Å²) in [4.78, 5) is 0. The van der Waals surface area contributed by atoms with E-state index >= 15 is 0 Å². The molecule has 1 N–H and O–H groups in total. The SMILES string of the molecule is CCCCC(C)NCc1cn(C)nc1C(C)(C)C. The Morgan fingerprint density at radius 2 is 2.06 bits per heavy atom. The van der Waals surface area contributed by atoms with Crippen LogP contribution >= 0.6 is 0 Å². The Balaban J connectivity index is 2.62. The summed E-state index contributed by atoms with van der Waals surface area (Å²) in [5.41, 5.74) is 2.65. The van der Waals surface area contributed by atoms with Crippen LogP contribution in [0.1, 0.15) is 65.1 Å². The van der Waals surface area contributed by atoms with Crippen molar-refractivity contribution in [3.63, 3.8) is 0 Å². The maximum absolute atomic E-state index is 4.60. The van der Waals surface area contributed by atoms with Crippen LogP contribution in [0.4, 0.5) is 0 Å². The minimum absolute atomic E-state index is 0.116. The number of aryl methyl sites for hydroxylation is 1. The summed E-state index contributed by atoms with van der Waals surface area (Å²) in [7, 11) is 2.00. The third-order valence-electron chi connectivity index (χ3n) is 3.25. The predicted molar refractivity (Wildman–Crippen MR) is 77.7 cm³/mol. The number of aromatic nitrogens is 2. The lowest BCUT2D eigenvalue weighted by molar-refractivity contribution is 0.487. The molecule has 0 amide bonds. The number of hydrogen-bond acceptors (Lipinski definition) is 2. The van der Waals surface area contributed by atoms with Gasteiger partial charge in [-0.25, -0.2) is 0 Å². The maximum Gasteiger partial charge on any atom is 0.0722 e. The topological polar surface area (TPSA) is 29.9 Å². The van der Waals surface area contributed by atoms with Gasteiger partial charge in [0.25, 0.3) is 0 Å². The van der Waals surface area contributed by atoms with Crippen LogP contribution in [-0.4, -0.2) is 15.8 Å². The van der Waals surface area contributed by atoms with Gasteiger partial charge in [-0.2, -0.15) is 5.10 Å². The van der Waals surface area contributed by atoms with Crippen molar-refractivity contribution in [1.82, 2.24) is 15.1 Å². The molecular weight excluding hydrogens is 222 g/mol. The summed E-state index contributed by atoms with van der Waals surface area (Å²) >= 11 is 0. The van der Waals surface area contributed by atoms with Gasteiger partial charge in [0.1, 0.15) is 0 Å². The summed E-state index contributed by atoms with van der Waals surface area (Å²) in [6.45, 7) is 12.1. The van der Waals surface area contributed by atoms with Gasteiger partial charge in [0.2, 0.25) is 0 Å². The van der Waals surface area contributed by atoms with Crippen LogP contribution in [-0.2, 0) is 19.0 Å². The van der Waals surface area contributed by atoms with Gasteiger partial charge in [0, 0.05) is 36.8 Å². The largest absolute Gasteiger partial charge is 0.310 e. The normalized spacial score (nSPS) is 13.9. The molecule has 1 aromatic rings. The summed E-state index contributed by atoms with van der Waals surface area (Å²) in [5, 5.41) is 8.20. The quantitative estimate of drug-likeness (QED) is 0.840. The summed E-state index contributed by atoms with van der Waals surface area (Å²) < 4.78 is 1.92. The van der Waals surface area contributed by atoms with Gasteiger partial charge < -0.3 is 5.32 Å². The fraction of sp³-hybridized carbons (Fsp3) is 0.800. The van der Waals surface area contributed by atoms with Crippen LogP contribution in [0.5, 0.6) is 0 Å². The Morgan fingerprint density at radius 1 is 1.39 bits per heavy atom. The van der Waals surface area contributed by atoms with Crippen molar-refractivity contribution in [2.75, 3.05) is 0 Å². The molecule has 0 fully saturated rings. The van der Waals surface area contributed by atoms with Crippen LogP contribution in [0.25, 0.3) is 0 Å². The monoisotopic (exact) mass is 251 g/mol. The molecule has 1 heterocycles. The third kappa shape index (κ3) is 4.45. The molecule has 0 saturated carbocycles. The van der Waals surface area contributed by atoms with Gasteiger partial charge in [-0.05, 0) is 13.3 Å². The van der Waals surface area contributed by atoms with Gasteiger partial charge in [0.05, 0.1) is 5.69 Å². The van der Waals surface area contributed by atoms with E-state index in [1.165, 1.54) is 30.5 Å². The molecule has 0 aliphatic heterocycles. The zero-order valence-electron chi connectivity index (χ0n) is 12.9. The van der Waals surface area contributed by atoms with Crippen molar-refractivity contribution in [2.24, 2.45) is 7.05 Å². The van der Waals surface area contributed by atoms with Gasteiger partial charge >= 0.3 is 0 Å². The molecule has 1 aromatic heterocycles. The molecule has 0 spiro atoms. The second kappa shape index (κ2) is 6.37. The van der Waals surface area contributed by atoms with E-state index in [0.29, 0.717) is 6.04 Å². The van der Waals surface area contributed by atoms with E-state index in [1.807, 2.05) is 11.7 Å². The first kappa shape index (κ1) is 15.2. The Kier molecular flexibility index (Phi) is 5.39. The number of rotatable bonds is 6. The zero-order valence-corrected chi connectivity index (χ0v) is 12.9. The van der Waals surface area contributed by atoms with Crippen LogP contribution < -0.4 is 5.32 Å². The first-order valence-corrected chi connectivity index (χ1v) is 7.11. The molecule has 3 nitrogen and oxygen atoms in total. The molecule has 0 aromatic carbocycles. The van der Waals surface area contributed by atoms with E-state index in [4.69, 9.17) is 0 Å². The average Bonchev–Trinajstić information content (AvgIpc) is 2.65. The summed E-state index contributed by atoms with van der Waals surface area (Å²) in [5.74, 6) is 0. The van der Waals surface area contributed by atoms with Gasteiger partial charge in [-0.3, -0.25) is 4.68 Å². The average molecular weight is 251 g/mol. The predicted octanol–water partition coefficient (Wildman–Crippen LogP) is 3.39. The van der Waals surface area contributed by atoms with Crippen LogP contribution in [0.2, 0.25) is 0 Å². The molecule has 3 heteroatoms. The number of nitrogens with one attached hydrogen (secondary N) is 1. The lowest BCUT2D eigenvalue weighted by atomic mass is 9.89. The van der Waals surface area contributed by atoms with E-state index in [1.54, 1.807) is 0 Å². The Morgan fingerprint density at radius 3 is 2.61 bits per heavy atom. The van der Waals surface area contributed by atoms with Crippen molar-refractivity contribution < 1.29 is 0 Å². The van der Waals surface area contributed by atoms with E-state index in [9.17, 15) is 0 Å². The standard InChI is InChI=1S/C15H29N3/c1-7-8-9-12(2)16-10-13-11-18(6)17-14(13)15(3,4)5/h11-12,16H,7-10H2,1-6H3. The molecule has 0 saturated heterocycles. The molecule has 1 rings (SSSR count). The van der Waals surface area contributed by atoms with Gasteiger partial charge in [0.15, 0.2) is 0 Å². The number of unbranched alkanes of at least 4 members (excludes halogenated alkanes) is 1. The molecule has 0 aliphatic carbocycles. The molecule has 1 unspecified atom stereocenters. The van der Waals surface area contributed by atoms with Crippen LogP contribution in [0.3, 0.4) is 0 Å². The minimum atomic E-state index is 0.116. The molecule has 104 valence electrons. The Labute approximate surface area is 112 Å². The smallest absolute Gasteiger partial charge is 0.0722 e. The van der Waals surface area contributed by atoms with E-state index < -0.39 is 0 Å². The van der Waals surface area contributed by atoms with Crippen molar-refractivity contribution in [3.8, 4) is 0 Å². The van der Waals surface area contributed by atoms with Crippen LogP contribution in [0, 0.1) is 0 Å². The highest BCUT2D eigenvalue weighted by molar-refractivity contribution is 5.23. The maximum atomic E-state index is 4.60. The first-order valence-electron chi connectivity index (χ1n) is 7.11. The lowest BCUT2D eigenvalue weighted by Crippen LogP contribution is -2.26. The van der Waals surface area contributed by atoms with Gasteiger partial charge in [-0.15, -0.1) is 0 Å². The number of hydrogen-bond donors (Lipinski definition) is 1. The van der Waals surface area contributed by atoms with Crippen LogP contribution in [0.15, 0.2) is 6.20 Å². The molecule has 0 bridgehead atoms. The minimum Gasteiger partial charge on any atom is -0.310 e. The van der Waals surface area contributed by atoms with Crippen molar-refractivity contribution >= 4 is 0 Å². The second-order valence-corrected chi connectivity index (χ2v) is 6.35. The molecule has 18 heavy (non-hydrogen) atoms. The van der Waals surface area contributed by atoms with Gasteiger partial charge in [-0.1, -0.05) is 40.5 Å². The third-order valence-corrected chi connectivity index (χ3v) is 3.25. The highest BCUT2D eigenvalue weighted by Crippen LogP contribution is 2.24. The molecule has 1 atom stereocenters. The highest BCUT2D eigenvalue weighted by Gasteiger charge is 2.21. The molecule has 0 aliphatic rings. The van der Waals surface area contributed by atoms with E-state index in [0.717, 1.165) is 6.54 Å². The second-order valence-electron chi connectivity index (χ2n) is 6.35. The fourth-order valence-electron chi connectivity index (χ4n) is 2.20. The van der Waals surface area contributed by atoms with Crippen molar-refractivity contribution in [1.29, 1.82) is 0 Å². The van der Waals surface area contributed by atoms with E-state index in [-0.39, 0.29) is 5.41 Å². The summed E-state index contributed by atoms with van der Waals surface area (Å²) in [6, 6.07) is 0.581. The first-order chi connectivity index (χ1) is 8.34. The van der Waals surface area contributed by atoms with E-state index in [2.05, 4.69) is 51.2 Å². The Hall–Kier alpha value is -0.830. The van der Waals surface area contributed by atoms with Crippen molar-refractivity contribution in [2.45, 2.75) is 71.9 Å². The van der Waals surface area contributed by atoms with Crippen molar-refractivity contribution in [3.05, 3.63) is 17.5 Å². The molecular formula is C15H29N3. The fourth-order valence-corrected chi connectivity index (χ4v) is 2.20. The number of nitrogens with zero attached hydrogens (tertiary/aromatic N) is 2. The molecule has 0 radical (unpaired) electrons. The highest BCUT2D eigenvalue weighted by atomic mass is 15.3.